The minimum Gasteiger partial charge on any atom is -0.479 e. The Hall–Kier alpha value is -3.55. The number of aryl methyl sites for hydroxylation is 1. The summed E-state index contributed by atoms with van der Waals surface area (Å²) in [6, 6.07) is 14.7. The molecule has 1 amide bonds. The van der Waals surface area contributed by atoms with E-state index >= 15 is 0 Å². The Kier molecular flexibility index (Phi) is 5.56. The van der Waals surface area contributed by atoms with Gasteiger partial charge in [0.25, 0.3) is 5.91 Å². The summed E-state index contributed by atoms with van der Waals surface area (Å²) in [6.45, 7) is 2.57. The molecule has 8 nitrogen and oxygen atoms in total. The van der Waals surface area contributed by atoms with Crippen molar-refractivity contribution in [2.75, 3.05) is 18.1 Å². The summed E-state index contributed by atoms with van der Waals surface area (Å²) in [6.07, 6.45) is 0.00865. The molecule has 4 rings (SSSR count). The van der Waals surface area contributed by atoms with E-state index in [1.165, 1.54) is 0 Å². The SMILES string of the molecule is C[C@@H]1Oc2ccccc2N(CCC(=O)OCCCn2c(=O)[nH]c3ccccc32)C1=O. The van der Waals surface area contributed by atoms with Gasteiger partial charge in [-0.25, -0.2) is 4.79 Å². The number of hydrogen-bond acceptors (Lipinski definition) is 5. The number of H-pyrrole nitrogens is 1. The van der Waals surface area contributed by atoms with E-state index in [1.807, 2.05) is 36.4 Å². The van der Waals surface area contributed by atoms with Crippen molar-refractivity contribution in [1.29, 1.82) is 0 Å². The number of benzene rings is 2. The number of amides is 1. The fourth-order valence-corrected chi connectivity index (χ4v) is 3.60. The first-order valence-electron chi connectivity index (χ1n) is 9.95. The van der Waals surface area contributed by atoms with Gasteiger partial charge < -0.3 is 19.4 Å². The van der Waals surface area contributed by atoms with Gasteiger partial charge >= 0.3 is 11.7 Å². The van der Waals surface area contributed by atoms with Crippen molar-refractivity contribution in [3.63, 3.8) is 0 Å². The highest BCUT2D eigenvalue weighted by atomic mass is 16.5. The Balaban J connectivity index is 1.28. The van der Waals surface area contributed by atoms with Crippen LogP contribution in [0.25, 0.3) is 11.0 Å². The van der Waals surface area contributed by atoms with Crippen LogP contribution in [0.3, 0.4) is 0 Å². The molecule has 1 aliphatic rings. The molecular weight excluding hydrogens is 386 g/mol. The van der Waals surface area contributed by atoms with E-state index < -0.39 is 6.10 Å². The second kappa shape index (κ2) is 8.44. The number of nitrogens with one attached hydrogen (secondary N) is 1. The molecular formula is C22H23N3O5. The highest BCUT2D eigenvalue weighted by molar-refractivity contribution is 6.00. The smallest absolute Gasteiger partial charge is 0.326 e. The number of nitrogens with zero attached hydrogens (tertiary/aromatic N) is 2. The summed E-state index contributed by atoms with van der Waals surface area (Å²) in [5.41, 5.74) is 2.09. The number of imidazole rings is 1. The minimum absolute atomic E-state index is 0.0832. The molecule has 1 atom stereocenters. The Morgan fingerprint density at radius 3 is 2.73 bits per heavy atom. The number of rotatable bonds is 7. The van der Waals surface area contributed by atoms with Gasteiger partial charge in [0.15, 0.2) is 6.10 Å². The highest BCUT2D eigenvalue weighted by Gasteiger charge is 2.31. The van der Waals surface area contributed by atoms with Crippen molar-refractivity contribution in [3.05, 3.63) is 59.0 Å². The molecule has 8 heteroatoms. The van der Waals surface area contributed by atoms with Gasteiger partial charge in [-0.15, -0.1) is 0 Å². The molecule has 0 fully saturated rings. The first-order chi connectivity index (χ1) is 14.5. The van der Waals surface area contributed by atoms with Crippen LogP contribution in [0.15, 0.2) is 53.3 Å². The normalized spacial score (nSPS) is 15.7. The first-order valence-corrected chi connectivity index (χ1v) is 9.95. The van der Waals surface area contributed by atoms with Crippen molar-refractivity contribution in [3.8, 4) is 5.75 Å². The lowest BCUT2D eigenvalue weighted by atomic mass is 10.2. The molecule has 30 heavy (non-hydrogen) atoms. The zero-order valence-electron chi connectivity index (χ0n) is 16.7. The van der Waals surface area contributed by atoms with Gasteiger partial charge in [-0.3, -0.25) is 14.2 Å². The third-order valence-electron chi connectivity index (χ3n) is 5.08. The maximum absolute atomic E-state index is 12.4. The summed E-state index contributed by atoms with van der Waals surface area (Å²) in [5, 5.41) is 0. The Bertz CT molecular complexity index is 1130. The predicted molar refractivity (Wildman–Crippen MR) is 112 cm³/mol. The molecule has 0 radical (unpaired) electrons. The van der Waals surface area contributed by atoms with Crippen LogP contribution in [0.2, 0.25) is 0 Å². The molecule has 0 saturated heterocycles. The van der Waals surface area contributed by atoms with Crippen LogP contribution in [0.1, 0.15) is 19.8 Å². The summed E-state index contributed by atoms with van der Waals surface area (Å²) < 4.78 is 12.5. The summed E-state index contributed by atoms with van der Waals surface area (Å²) >= 11 is 0. The third kappa shape index (κ3) is 3.94. The average molecular weight is 409 g/mol. The van der Waals surface area contributed by atoms with E-state index in [0.29, 0.717) is 24.4 Å². The predicted octanol–water partition coefficient (Wildman–Crippen LogP) is 2.47. The fourth-order valence-electron chi connectivity index (χ4n) is 3.60. The molecule has 156 valence electrons. The number of aromatic amines is 1. The number of esters is 1. The van der Waals surface area contributed by atoms with Crippen molar-refractivity contribution in [2.24, 2.45) is 0 Å². The number of fused-ring (bicyclic) bond motifs is 2. The number of hydrogen-bond donors (Lipinski definition) is 1. The number of carbonyl (C=O) groups is 2. The van der Waals surface area contributed by atoms with E-state index in [1.54, 1.807) is 28.5 Å². The second-order valence-electron chi connectivity index (χ2n) is 7.14. The monoisotopic (exact) mass is 409 g/mol. The lowest BCUT2D eigenvalue weighted by Crippen LogP contribution is -2.45. The van der Waals surface area contributed by atoms with Crippen molar-refractivity contribution in [1.82, 2.24) is 9.55 Å². The number of carbonyl (C=O) groups excluding carboxylic acids is 2. The highest BCUT2D eigenvalue weighted by Crippen LogP contribution is 2.33. The molecule has 2 heterocycles. The number of aromatic nitrogens is 2. The number of anilines is 1. The van der Waals surface area contributed by atoms with Gasteiger partial charge in [-0.1, -0.05) is 24.3 Å². The maximum atomic E-state index is 12.4. The topological polar surface area (TPSA) is 93.6 Å². The summed E-state index contributed by atoms with van der Waals surface area (Å²) in [4.78, 5) is 41.0. The van der Waals surface area contributed by atoms with Crippen LogP contribution in [-0.2, 0) is 20.9 Å². The molecule has 1 aromatic heterocycles. The largest absolute Gasteiger partial charge is 0.479 e. The lowest BCUT2D eigenvalue weighted by molar-refractivity contribution is -0.143. The van der Waals surface area contributed by atoms with Gasteiger partial charge in [0.2, 0.25) is 0 Å². The molecule has 1 N–H and O–H groups in total. The number of ether oxygens (including phenoxy) is 2. The summed E-state index contributed by atoms with van der Waals surface area (Å²) in [5.74, 6) is 0.0630. The van der Waals surface area contributed by atoms with Crippen LogP contribution in [0, 0.1) is 0 Å². The molecule has 2 aromatic carbocycles. The van der Waals surface area contributed by atoms with Crippen LogP contribution >= 0.6 is 0 Å². The Labute approximate surface area is 173 Å². The minimum atomic E-state index is -0.592. The van der Waals surface area contributed by atoms with E-state index in [2.05, 4.69) is 4.98 Å². The van der Waals surface area contributed by atoms with Gasteiger partial charge in [0.05, 0.1) is 29.7 Å². The zero-order chi connectivity index (χ0) is 21.1. The van der Waals surface area contributed by atoms with Crippen molar-refractivity contribution >= 4 is 28.6 Å². The Morgan fingerprint density at radius 1 is 1.10 bits per heavy atom. The molecule has 0 unspecified atom stereocenters. The molecule has 0 saturated carbocycles. The third-order valence-corrected chi connectivity index (χ3v) is 5.08. The average Bonchev–Trinajstić information content (AvgIpc) is 3.06. The van der Waals surface area contributed by atoms with Crippen molar-refractivity contribution in [2.45, 2.75) is 32.4 Å². The zero-order valence-corrected chi connectivity index (χ0v) is 16.7. The lowest BCUT2D eigenvalue weighted by Gasteiger charge is -2.32. The molecule has 0 bridgehead atoms. The van der Waals surface area contributed by atoms with Crippen LogP contribution in [0.5, 0.6) is 5.75 Å². The van der Waals surface area contributed by atoms with Crippen molar-refractivity contribution < 1.29 is 19.1 Å². The summed E-state index contributed by atoms with van der Waals surface area (Å²) in [7, 11) is 0. The Morgan fingerprint density at radius 2 is 1.87 bits per heavy atom. The van der Waals surface area contributed by atoms with E-state index in [0.717, 1.165) is 11.0 Å². The second-order valence-corrected chi connectivity index (χ2v) is 7.14. The van der Waals surface area contributed by atoms with E-state index in [9.17, 15) is 14.4 Å². The van der Waals surface area contributed by atoms with Crippen LogP contribution < -0.4 is 15.3 Å². The van der Waals surface area contributed by atoms with Crippen LogP contribution in [-0.4, -0.2) is 40.7 Å². The van der Waals surface area contributed by atoms with Gasteiger partial charge in [-0.2, -0.15) is 0 Å². The van der Waals surface area contributed by atoms with Crippen LogP contribution in [0.4, 0.5) is 5.69 Å². The van der Waals surface area contributed by atoms with Gasteiger partial charge in [0, 0.05) is 13.1 Å². The maximum Gasteiger partial charge on any atom is 0.326 e. The molecule has 1 aliphatic heterocycles. The van der Waals surface area contributed by atoms with E-state index in [-0.39, 0.29) is 37.1 Å². The molecule has 0 aliphatic carbocycles. The van der Waals surface area contributed by atoms with Gasteiger partial charge in [-0.05, 0) is 37.6 Å². The first kappa shape index (κ1) is 19.8. The number of para-hydroxylation sites is 4. The van der Waals surface area contributed by atoms with Gasteiger partial charge in [0.1, 0.15) is 5.75 Å². The molecule has 0 spiro atoms. The van der Waals surface area contributed by atoms with E-state index in [4.69, 9.17) is 9.47 Å². The standard InChI is InChI=1S/C22H23N3O5/c1-15-21(27)24(18-9-4-5-10-19(18)30-15)13-11-20(26)29-14-6-12-25-17-8-3-2-7-16(17)23-22(25)28/h2-5,7-10,15H,6,11-14H2,1H3,(H,23,28)/t15-/m0/s1. The fraction of sp³-hybridized carbons (Fsp3) is 0.318. The quantitative estimate of drug-likeness (QED) is 0.478. The molecule has 3 aromatic rings.